The molecule has 3 aliphatic rings. The Bertz CT molecular complexity index is 960. The number of nitrogens with one attached hydrogen (secondary N) is 1. The molecule has 0 radical (unpaired) electrons. The predicted molar refractivity (Wildman–Crippen MR) is 118 cm³/mol. The Balaban J connectivity index is 1.41. The molecule has 2 aliphatic heterocycles. The van der Waals surface area contributed by atoms with Crippen LogP contribution in [0.5, 0.6) is 0 Å². The highest BCUT2D eigenvalue weighted by Gasteiger charge is 2.81. The standard InChI is InChI=1S/C25H35N3O/c1-5-6-7-8-12-26-24(29)25-14-20-19-10-9-11-21-23(19)18(15-27(21)17(2)3)13-22(20)28(25,4)16-25/h9-11,15,17,20,22H,5-8,12-14,16H2,1-4H3/p+1/t20?,22-,25-,28?/m1/s1. The second-order valence-electron chi connectivity index (χ2n) is 10.3. The van der Waals surface area contributed by atoms with E-state index in [0.717, 1.165) is 36.8 Å². The average Bonchev–Trinajstić information content (AvgIpc) is 3.02. The molecule has 156 valence electrons. The molecule has 2 saturated heterocycles. The number of likely N-dealkylation sites (N-methyl/N-ethyl adjacent to an activating group) is 1. The van der Waals surface area contributed by atoms with Crippen LogP contribution < -0.4 is 5.32 Å². The van der Waals surface area contributed by atoms with Gasteiger partial charge in [0, 0.05) is 48.4 Å². The lowest BCUT2D eigenvalue weighted by atomic mass is 9.78. The maximum Gasteiger partial charge on any atom is 0.287 e. The summed E-state index contributed by atoms with van der Waals surface area (Å²) in [6.45, 7) is 8.62. The molecule has 2 fully saturated rings. The molecular weight excluding hydrogens is 358 g/mol. The Morgan fingerprint density at radius 2 is 2.14 bits per heavy atom. The Kier molecular flexibility index (Phi) is 4.36. The van der Waals surface area contributed by atoms with Gasteiger partial charge in [0.2, 0.25) is 5.54 Å². The fourth-order valence-corrected chi connectivity index (χ4v) is 6.63. The van der Waals surface area contributed by atoms with Gasteiger partial charge in [-0.1, -0.05) is 38.3 Å². The molecule has 2 aromatic rings. The van der Waals surface area contributed by atoms with Crippen LogP contribution in [-0.4, -0.2) is 46.7 Å². The molecule has 1 N–H and O–H groups in total. The van der Waals surface area contributed by atoms with Crippen molar-refractivity contribution in [1.82, 2.24) is 9.88 Å². The van der Waals surface area contributed by atoms with Crippen LogP contribution in [0.3, 0.4) is 0 Å². The van der Waals surface area contributed by atoms with Crippen molar-refractivity contribution in [3.05, 3.63) is 35.5 Å². The van der Waals surface area contributed by atoms with E-state index in [4.69, 9.17) is 0 Å². The number of amides is 1. The number of hydrogen-bond donors (Lipinski definition) is 1. The van der Waals surface area contributed by atoms with Gasteiger partial charge in [0.25, 0.3) is 5.91 Å². The monoisotopic (exact) mass is 394 g/mol. The molecular formula is C25H36N3O+. The molecule has 1 aliphatic carbocycles. The minimum atomic E-state index is -0.181. The zero-order chi connectivity index (χ0) is 20.4. The summed E-state index contributed by atoms with van der Waals surface area (Å²) in [5, 5.41) is 4.78. The Labute approximate surface area is 174 Å². The number of aromatic nitrogens is 1. The van der Waals surface area contributed by atoms with Crippen LogP contribution in [0.1, 0.15) is 76.0 Å². The lowest BCUT2D eigenvalue weighted by molar-refractivity contribution is -0.818. The second kappa shape index (κ2) is 6.60. The highest BCUT2D eigenvalue weighted by Crippen LogP contribution is 2.62. The van der Waals surface area contributed by atoms with E-state index in [1.807, 2.05) is 0 Å². The third kappa shape index (κ3) is 2.57. The minimum absolute atomic E-state index is 0.181. The van der Waals surface area contributed by atoms with Crippen LogP contribution in [-0.2, 0) is 11.2 Å². The number of rotatable bonds is 7. The molecule has 29 heavy (non-hydrogen) atoms. The van der Waals surface area contributed by atoms with E-state index >= 15 is 0 Å². The molecule has 0 saturated carbocycles. The smallest absolute Gasteiger partial charge is 0.287 e. The van der Waals surface area contributed by atoms with Crippen LogP contribution in [0.4, 0.5) is 0 Å². The van der Waals surface area contributed by atoms with Crippen LogP contribution in [0.15, 0.2) is 24.4 Å². The Hall–Kier alpha value is -1.81. The van der Waals surface area contributed by atoms with E-state index in [0.29, 0.717) is 23.9 Å². The average molecular weight is 395 g/mol. The number of benzene rings is 1. The van der Waals surface area contributed by atoms with E-state index in [2.05, 4.69) is 62.1 Å². The Morgan fingerprint density at radius 3 is 2.90 bits per heavy atom. The largest absolute Gasteiger partial charge is 0.350 e. The van der Waals surface area contributed by atoms with E-state index in [1.165, 1.54) is 41.3 Å². The van der Waals surface area contributed by atoms with Gasteiger partial charge in [0.05, 0.1) is 7.05 Å². The van der Waals surface area contributed by atoms with Crippen LogP contribution in [0.25, 0.3) is 10.9 Å². The first-order valence-electron chi connectivity index (χ1n) is 11.7. The minimum Gasteiger partial charge on any atom is -0.350 e. The van der Waals surface area contributed by atoms with Gasteiger partial charge < -0.3 is 9.88 Å². The topological polar surface area (TPSA) is 34.0 Å². The molecule has 0 bridgehead atoms. The second-order valence-corrected chi connectivity index (χ2v) is 10.3. The maximum atomic E-state index is 13.3. The molecule has 1 amide bonds. The first-order valence-corrected chi connectivity index (χ1v) is 11.7. The zero-order valence-corrected chi connectivity index (χ0v) is 18.5. The Morgan fingerprint density at radius 1 is 1.31 bits per heavy atom. The number of unbranched alkanes of at least 4 members (excludes halogenated alkanes) is 3. The summed E-state index contributed by atoms with van der Waals surface area (Å²) >= 11 is 0. The van der Waals surface area contributed by atoms with E-state index in [9.17, 15) is 4.79 Å². The number of nitrogens with zero attached hydrogens (tertiary/aromatic N) is 2. The van der Waals surface area contributed by atoms with Gasteiger partial charge in [-0.3, -0.25) is 9.28 Å². The van der Waals surface area contributed by atoms with Gasteiger partial charge >= 0.3 is 0 Å². The normalized spacial score (nSPS) is 31.8. The van der Waals surface area contributed by atoms with Crippen molar-refractivity contribution >= 4 is 16.8 Å². The van der Waals surface area contributed by atoms with E-state index in [-0.39, 0.29) is 5.54 Å². The third-order valence-corrected chi connectivity index (χ3v) is 8.31. The van der Waals surface area contributed by atoms with Crippen molar-refractivity contribution in [2.75, 3.05) is 20.1 Å². The number of quaternary nitrogens is 1. The van der Waals surface area contributed by atoms with Crippen molar-refractivity contribution in [3.8, 4) is 0 Å². The van der Waals surface area contributed by atoms with E-state index in [1.54, 1.807) is 0 Å². The van der Waals surface area contributed by atoms with Gasteiger partial charge in [-0.2, -0.15) is 0 Å². The van der Waals surface area contributed by atoms with Crippen LogP contribution >= 0.6 is 0 Å². The van der Waals surface area contributed by atoms with Gasteiger partial charge in [0.15, 0.2) is 0 Å². The van der Waals surface area contributed by atoms with Crippen molar-refractivity contribution in [3.63, 3.8) is 0 Å². The van der Waals surface area contributed by atoms with Gasteiger partial charge in [-0.25, -0.2) is 0 Å². The molecule has 1 aromatic carbocycles. The highest BCUT2D eigenvalue weighted by atomic mass is 16.2. The van der Waals surface area contributed by atoms with Gasteiger partial charge in [-0.05, 0) is 37.5 Å². The number of fused-ring (bicyclic) bond motifs is 4. The SMILES string of the molecule is CCCCCCNC(=O)[C@]12CC3c4cccc5c4c(cn5C(C)C)C[C@H]3[N+]1(C)C2. The molecule has 3 heterocycles. The van der Waals surface area contributed by atoms with Crippen LogP contribution in [0, 0.1) is 0 Å². The number of hydrogen-bond acceptors (Lipinski definition) is 1. The predicted octanol–water partition coefficient (Wildman–Crippen LogP) is 4.53. The fourth-order valence-electron chi connectivity index (χ4n) is 6.63. The summed E-state index contributed by atoms with van der Waals surface area (Å²) < 4.78 is 3.38. The van der Waals surface area contributed by atoms with E-state index < -0.39 is 0 Å². The third-order valence-electron chi connectivity index (χ3n) is 8.31. The van der Waals surface area contributed by atoms with Crippen molar-refractivity contribution in [2.45, 2.75) is 82.8 Å². The number of piperidine rings is 1. The highest BCUT2D eigenvalue weighted by molar-refractivity contribution is 5.91. The molecule has 5 rings (SSSR count). The molecule has 4 nitrogen and oxygen atoms in total. The number of carbonyl (C=O) groups is 1. The van der Waals surface area contributed by atoms with Crippen molar-refractivity contribution in [1.29, 1.82) is 0 Å². The van der Waals surface area contributed by atoms with Crippen molar-refractivity contribution < 1.29 is 9.28 Å². The number of carbonyl (C=O) groups excluding carboxylic acids is 1. The summed E-state index contributed by atoms with van der Waals surface area (Å²) in [5.74, 6) is 0.828. The molecule has 2 unspecified atom stereocenters. The zero-order valence-electron chi connectivity index (χ0n) is 18.5. The molecule has 1 aromatic heterocycles. The van der Waals surface area contributed by atoms with Crippen molar-refractivity contribution in [2.24, 2.45) is 0 Å². The van der Waals surface area contributed by atoms with Crippen LogP contribution in [0.2, 0.25) is 0 Å². The summed E-state index contributed by atoms with van der Waals surface area (Å²) in [5.41, 5.74) is 4.18. The van der Waals surface area contributed by atoms with Gasteiger partial charge in [-0.15, -0.1) is 0 Å². The maximum absolute atomic E-state index is 13.3. The first-order chi connectivity index (χ1) is 13.9. The summed E-state index contributed by atoms with van der Waals surface area (Å²) in [6, 6.07) is 7.85. The summed E-state index contributed by atoms with van der Waals surface area (Å²) in [7, 11) is 2.34. The fraction of sp³-hybridized carbons (Fsp3) is 0.640. The molecule has 0 spiro atoms. The molecule has 4 atom stereocenters. The summed E-state index contributed by atoms with van der Waals surface area (Å²) in [6.07, 6.45) is 9.34. The molecule has 4 heteroatoms. The van der Waals surface area contributed by atoms with Gasteiger partial charge in [0.1, 0.15) is 12.6 Å². The lowest BCUT2D eigenvalue weighted by Gasteiger charge is -2.30. The summed E-state index contributed by atoms with van der Waals surface area (Å²) in [4.78, 5) is 13.3. The quantitative estimate of drug-likeness (QED) is 0.418. The lowest BCUT2D eigenvalue weighted by Crippen LogP contribution is -2.45. The first kappa shape index (κ1) is 19.2.